The van der Waals surface area contributed by atoms with Crippen LogP contribution >= 0.6 is 11.8 Å². The molecule has 0 N–H and O–H groups in total. The van der Waals surface area contributed by atoms with Gasteiger partial charge in [-0.25, -0.2) is 4.90 Å². The fourth-order valence-corrected chi connectivity index (χ4v) is 4.75. The van der Waals surface area contributed by atoms with Crippen LogP contribution in [-0.2, 0) is 9.59 Å². The quantitative estimate of drug-likeness (QED) is 0.783. The molecule has 5 heteroatoms. The van der Waals surface area contributed by atoms with Gasteiger partial charge in [0.15, 0.2) is 0 Å². The maximum atomic E-state index is 13.3. The van der Waals surface area contributed by atoms with Gasteiger partial charge in [0, 0.05) is 24.6 Å². The lowest BCUT2D eigenvalue weighted by Crippen LogP contribution is -2.47. The van der Waals surface area contributed by atoms with Crippen LogP contribution in [0.25, 0.3) is 0 Å². The van der Waals surface area contributed by atoms with Crippen LogP contribution in [0.1, 0.15) is 17.0 Å². The Morgan fingerprint density at radius 3 is 2.19 bits per heavy atom. The number of hydrogen-bond acceptors (Lipinski definition) is 4. The second-order valence-corrected chi connectivity index (χ2v) is 8.05. The molecule has 4 nitrogen and oxygen atoms in total. The van der Waals surface area contributed by atoms with Gasteiger partial charge in [-0.15, -0.1) is 0 Å². The van der Waals surface area contributed by atoms with E-state index in [1.807, 2.05) is 73.3 Å². The molecular weight excluding hydrogens is 344 g/mol. The average molecular weight is 366 g/mol. The molecule has 2 aliphatic rings. The summed E-state index contributed by atoms with van der Waals surface area (Å²) in [5.74, 6) is 1.36. The van der Waals surface area contributed by atoms with Crippen molar-refractivity contribution in [3.05, 3.63) is 65.7 Å². The summed E-state index contributed by atoms with van der Waals surface area (Å²) in [6.45, 7) is 3.69. The highest BCUT2D eigenvalue weighted by Crippen LogP contribution is 2.37. The SMILES string of the molecule is Cc1ccc(N2C(=O)[C@@H](N3CCSCC3)[C@H](c3ccccc3)C2=O)cc1. The van der Waals surface area contributed by atoms with E-state index >= 15 is 0 Å². The van der Waals surface area contributed by atoms with Crippen molar-refractivity contribution in [2.75, 3.05) is 29.5 Å². The number of benzene rings is 2. The standard InChI is InChI=1S/C21H22N2O2S/c1-15-7-9-17(10-8-15)23-20(24)18(16-5-3-2-4-6-16)19(21(23)25)22-11-13-26-14-12-22/h2-10,18-19H,11-14H2,1H3/t18-,19-/m0/s1. The van der Waals surface area contributed by atoms with Gasteiger partial charge in [0.25, 0.3) is 5.91 Å². The molecule has 2 amide bonds. The molecule has 2 aromatic rings. The van der Waals surface area contributed by atoms with Crippen LogP contribution < -0.4 is 4.90 Å². The number of thioether (sulfide) groups is 1. The van der Waals surface area contributed by atoms with E-state index in [1.54, 1.807) is 0 Å². The predicted octanol–water partition coefficient (Wildman–Crippen LogP) is 3.07. The molecule has 26 heavy (non-hydrogen) atoms. The molecule has 134 valence electrons. The summed E-state index contributed by atoms with van der Waals surface area (Å²) in [6.07, 6.45) is 0. The van der Waals surface area contributed by atoms with Gasteiger partial charge in [-0.1, -0.05) is 48.0 Å². The summed E-state index contributed by atoms with van der Waals surface area (Å²) >= 11 is 1.90. The summed E-state index contributed by atoms with van der Waals surface area (Å²) in [7, 11) is 0. The first-order valence-corrected chi connectivity index (χ1v) is 10.1. The largest absolute Gasteiger partial charge is 0.289 e. The number of nitrogens with zero attached hydrogens (tertiary/aromatic N) is 2. The number of carbonyl (C=O) groups excluding carboxylic acids is 2. The normalized spacial score (nSPS) is 24.3. The summed E-state index contributed by atoms with van der Waals surface area (Å²) in [6, 6.07) is 16.9. The number of aryl methyl sites for hydroxylation is 1. The van der Waals surface area contributed by atoms with Crippen molar-refractivity contribution in [2.45, 2.75) is 18.9 Å². The van der Waals surface area contributed by atoms with E-state index in [0.717, 1.165) is 35.7 Å². The first-order chi connectivity index (χ1) is 12.7. The molecule has 2 saturated heterocycles. The minimum Gasteiger partial charge on any atom is -0.289 e. The zero-order chi connectivity index (χ0) is 18.1. The molecule has 2 aliphatic heterocycles. The maximum absolute atomic E-state index is 13.3. The van der Waals surface area contributed by atoms with Crippen molar-refractivity contribution < 1.29 is 9.59 Å². The van der Waals surface area contributed by atoms with Crippen LogP contribution in [0.15, 0.2) is 54.6 Å². The van der Waals surface area contributed by atoms with E-state index in [9.17, 15) is 9.59 Å². The Balaban J connectivity index is 1.75. The van der Waals surface area contributed by atoms with E-state index in [2.05, 4.69) is 4.90 Å². The van der Waals surface area contributed by atoms with E-state index in [1.165, 1.54) is 4.90 Å². The number of imide groups is 1. The van der Waals surface area contributed by atoms with Crippen LogP contribution in [0.3, 0.4) is 0 Å². The van der Waals surface area contributed by atoms with Gasteiger partial charge in [-0.05, 0) is 24.6 Å². The van der Waals surface area contributed by atoms with Crippen LogP contribution in [0.2, 0.25) is 0 Å². The molecule has 2 heterocycles. The van der Waals surface area contributed by atoms with Gasteiger partial charge in [-0.2, -0.15) is 11.8 Å². The van der Waals surface area contributed by atoms with E-state index < -0.39 is 12.0 Å². The van der Waals surface area contributed by atoms with Gasteiger partial charge < -0.3 is 0 Å². The van der Waals surface area contributed by atoms with Crippen molar-refractivity contribution in [1.82, 2.24) is 4.90 Å². The van der Waals surface area contributed by atoms with Crippen molar-refractivity contribution >= 4 is 29.3 Å². The summed E-state index contributed by atoms with van der Waals surface area (Å²) in [4.78, 5) is 30.3. The fourth-order valence-electron chi connectivity index (χ4n) is 3.81. The number of anilines is 1. The summed E-state index contributed by atoms with van der Waals surface area (Å²) in [5.41, 5.74) is 2.70. The predicted molar refractivity (Wildman–Crippen MR) is 106 cm³/mol. The molecule has 0 radical (unpaired) electrons. The number of hydrogen-bond donors (Lipinski definition) is 0. The minimum atomic E-state index is -0.437. The van der Waals surface area contributed by atoms with E-state index in [4.69, 9.17) is 0 Å². The molecule has 2 atom stereocenters. The van der Waals surface area contributed by atoms with Gasteiger partial charge >= 0.3 is 0 Å². The Kier molecular flexibility index (Phi) is 4.83. The number of carbonyl (C=O) groups is 2. The molecule has 0 aliphatic carbocycles. The Bertz CT molecular complexity index is 801. The lowest BCUT2D eigenvalue weighted by Gasteiger charge is -2.33. The third-order valence-electron chi connectivity index (χ3n) is 5.17. The molecule has 2 fully saturated rings. The number of rotatable bonds is 3. The zero-order valence-corrected chi connectivity index (χ0v) is 15.6. The third kappa shape index (κ3) is 3.06. The van der Waals surface area contributed by atoms with Crippen LogP contribution in [0.5, 0.6) is 0 Å². The topological polar surface area (TPSA) is 40.6 Å². The lowest BCUT2D eigenvalue weighted by molar-refractivity contribution is -0.122. The van der Waals surface area contributed by atoms with Crippen molar-refractivity contribution in [3.8, 4) is 0 Å². The van der Waals surface area contributed by atoms with Gasteiger partial charge in [0.05, 0.1) is 11.6 Å². The van der Waals surface area contributed by atoms with Gasteiger partial charge in [0.2, 0.25) is 5.91 Å². The molecule has 0 aromatic heterocycles. The van der Waals surface area contributed by atoms with Crippen molar-refractivity contribution in [1.29, 1.82) is 0 Å². The third-order valence-corrected chi connectivity index (χ3v) is 6.11. The fraction of sp³-hybridized carbons (Fsp3) is 0.333. The zero-order valence-electron chi connectivity index (χ0n) is 14.8. The summed E-state index contributed by atoms with van der Waals surface area (Å²) in [5, 5.41) is 0. The molecule has 4 rings (SSSR count). The monoisotopic (exact) mass is 366 g/mol. The molecule has 0 spiro atoms. The maximum Gasteiger partial charge on any atom is 0.252 e. The van der Waals surface area contributed by atoms with E-state index in [-0.39, 0.29) is 11.8 Å². The Hall–Kier alpha value is -2.11. The molecule has 2 aromatic carbocycles. The average Bonchev–Trinajstić information content (AvgIpc) is 2.94. The molecular formula is C21H22N2O2S. The molecule has 0 bridgehead atoms. The van der Waals surface area contributed by atoms with Crippen LogP contribution in [-0.4, -0.2) is 47.4 Å². The van der Waals surface area contributed by atoms with Crippen LogP contribution in [0, 0.1) is 6.92 Å². The Labute approximate surface area is 158 Å². The van der Waals surface area contributed by atoms with Gasteiger partial charge in [-0.3, -0.25) is 14.5 Å². The minimum absolute atomic E-state index is 0.0976. The van der Waals surface area contributed by atoms with Crippen LogP contribution in [0.4, 0.5) is 5.69 Å². The van der Waals surface area contributed by atoms with E-state index in [0.29, 0.717) is 5.69 Å². The second-order valence-electron chi connectivity index (χ2n) is 6.83. The van der Waals surface area contributed by atoms with Crippen molar-refractivity contribution in [2.24, 2.45) is 0 Å². The highest BCUT2D eigenvalue weighted by atomic mass is 32.2. The first kappa shape index (κ1) is 17.3. The summed E-state index contributed by atoms with van der Waals surface area (Å²) < 4.78 is 0. The highest BCUT2D eigenvalue weighted by Gasteiger charge is 2.51. The molecule has 0 unspecified atom stereocenters. The smallest absolute Gasteiger partial charge is 0.252 e. The Morgan fingerprint density at radius 2 is 1.54 bits per heavy atom. The van der Waals surface area contributed by atoms with Crippen molar-refractivity contribution in [3.63, 3.8) is 0 Å². The first-order valence-electron chi connectivity index (χ1n) is 8.98. The molecule has 0 saturated carbocycles. The highest BCUT2D eigenvalue weighted by molar-refractivity contribution is 7.99. The lowest BCUT2D eigenvalue weighted by atomic mass is 9.92. The van der Waals surface area contributed by atoms with Gasteiger partial charge in [0.1, 0.15) is 6.04 Å². The Morgan fingerprint density at radius 1 is 0.885 bits per heavy atom. The second kappa shape index (κ2) is 7.25. The number of amides is 2.